The molecule has 1 atom stereocenters. The van der Waals surface area contributed by atoms with E-state index < -0.39 is 5.82 Å². The fraction of sp³-hybridized carbons (Fsp3) is 0.393. The molecule has 1 aromatic carbocycles. The lowest BCUT2D eigenvalue weighted by Crippen LogP contribution is -2.47. The second-order valence-electron chi connectivity index (χ2n) is 10.9. The van der Waals surface area contributed by atoms with Crippen molar-refractivity contribution in [1.82, 2.24) is 44.5 Å². The Bertz CT molecular complexity index is 1700. The van der Waals surface area contributed by atoms with Crippen molar-refractivity contribution in [3.8, 4) is 11.6 Å². The number of piperazine rings is 1. The van der Waals surface area contributed by atoms with Crippen LogP contribution >= 0.6 is 0 Å². The molecule has 1 fully saturated rings. The highest BCUT2D eigenvalue weighted by Gasteiger charge is 2.22. The zero-order chi connectivity index (χ0) is 29.4. The maximum atomic E-state index is 15.1. The van der Waals surface area contributed by atoms with E-state index in [2.05, 4.69) is 30.4 Å². The van der Waals surface area contributed by atoms with E-state index >= 15 is 4.39 Å². The van der Waals surface area contributed by atoms with E-state index in [1.54, 1.807) is 36.7 Å². The number of nitrogens with zero attached hydrogens (tertiary/aromatic N) is 9. The van der Waals surface area contributed by atoms with Crippen molar-refractivity contribution in [1.29, 1.82) is 0 Å². The first-order valence-electron chi connectivity index (χ1n) is 13.9. The fourth-order valence-corrected chi connectivity index (χ4v) is 5.38. The quantitative estimate of drug-likeness (QED) is 0.268. The van der Waals surface area contributed by atoms with Gasteiger partial charge in [0.2, 0.25) is 11.8 Å². The standard InChI is InChI=1S/C28H34FN11O2/c1-18(17-36(2)3)32-27(41)19-6-7-22(21(29)15-19)38-11-8-37(9-12-38)10-13-39-25-20(16-31-39)26-33-24(23-5-4-14-42-23)35-40(26)28(30)34-25/h4-7,14-16,18H,8-13,17H2,1-3H3,(H2,30,34)(H,32,41)/t18-/m1/s1. The van der Waals surface area contributed by atoms with Crippen LogP contribution < -0.4 is 16.0 Å². The summed E-state index contributed by atoms with van der Waals surface area (Å²) >= 11 is 0. The van der Waals surface area contributed by atoms with Crippen LogP contribution in [0.2, 0.25) is 0 Å². The van der Waals surface area contributed by atoms with E-state index in [-0.39, 0.29) is 17.9 Å². The van der Waals surface area contributed by atoms with Crippen LogP contribution in [0.15, 0.2) is 47.2 Å². The number of nitrogen functional groups attached to an aromatic ring is 1. The highest BCUT2D eigenvalue weighted by atomic mass is 19.1. The van der Waals surface area contributed by atoms with Crippen LogP contribution in [0.5, 0.6) is 0 Å². The van der Waals surface area contributed by atoms with Gasteiger partial charge in [-0.05, 0) is 51.4 Å². The minimum Gasteiger partial charge on any atom is -0.461 e. The maximum Gasteiger partial charge on any atom is 0.251 e. The summed E-state index contributed by atoms with van der Waals surface area (Å²) in [5, 5.41) is 12.6. The van der Waals surface area contributed by atoms with Crippen LogP contribution in [-0.4, -0.2) is 104 Å². The Morgan fingerprint density at radius 2 is 1.95 bits per heavy atom. The topological polar surface area (TPSA) is 139 Å². The highest BCUT2D eigenvalue weighted by Crippen LogP contribution is 2.24. The first-order chi connectivity index (χ1) is 20.3. The van der Waals surface area contributed by atoms with Crippen LogP contribution in [0.4, 0.5) is 16.0 Å². The largest absolute Gasteiger partial charge is 0.461 e. The summed E-state index contributed by atoms with van der Waals surface area (Å²) < 4.78 is 23.8. The second-order valence-corrected chi connectivity index (χ2v) is 10.9. The zero-order valence-corrected chi connectivity index (χ0v) is 23.9. The Morgan fingerprint density at radius 1 is 1.14 bits per heavy atom. The molecule has 220 valence electrons. The van der Waals surface area contributed by atoms with E-state index in [1.807, 2.05) is 35.5 Å². The number of nitrogens with two attached hydrogens (primary N) is 1. The van der Waals surface area contributed by atoms with Crippen LogP contribution in [0.25, 0.3) is 28.3 Å². The average molecular weight is 576 g/mol. The van der Waals surface area contributed by atoms with Crippen molar-refractivity contribution in [3.05, 3.63) is 54.2 Å². The van der Waals surface area contributed by atoms with E-state index in [9.17, 15) is 4.79 Å². The molecule has 1 aliphatic heterocycles. The summed E-state index contributed by atoms with van der Waals surface area (Å²) in [7, 11) is 3.89. The molecule has 5 heterocycles. The second kappa shape index (κ2) is 11.4. The molecular formula is C28H34FN11O2. The SMILES string of the molecule is C[C@H](CN(C)C)NC(=O)c1ccc(N2CCN(CCn3ncc4c3nc(N)n3nc(-c5ccco5)nc43)CC2)c(F)c1. The van der Waals surface area contributed by atoms with Crippen molar-refractivity contribution in [2.45, 2.75) is 19.5 Å². The Labute approximate surface area is 241 Å². The maximum absolute atomic E-state index is 15.1. The lowest BCUT2D eigenvalue weighted by atomic mass is 10.1. The predicted molar refractivity (Wildman–Crippen MR) is 157 cm³/mol. The third kappa shape index (κ3) is 5.50. The number of halogens is 1. The number of likely N-dealkylation sites (N-methyl/N-ethyl adjacent to an activating group) is 1. The molecule has 1 amide bonds. The number of hydrogen-bond donors (Lipinski definition) is 2. The molecule has 1 saturated heterocycles. The van der Waals surface area contributed by atoms with Gasteiger partial charge in [-0.25, -0.2) is 14.1 Å². The van der Waals surface area contributed by atoms with Crippen molar-refractivity contribution < 1.29 is 13.6 Å². The van der Waals surface area contributed by atoms with Gasteiger partial charge in [-0.2, -0.15) is 14.6 Å². The first-order valence-corrected chi connectivity index (χ1v) is 13.9. The molecule has 0 spiro atoms. The minimum atomic E-state index is -0.391. The van der Waals surface area contributed by atoms with Gasteiger partial charge in [0.1, 0.15) is 5.82 Å². The molecule has 6 rings (SSSR count). The average Bonchev–Trinajstić information content (AvgIpc) is 3.72. The highest BCUT2D eigenvalue weighted by molar-refractivity contribution is 5.94. The third-order valence-electron chi connectivity index (χ3n) is 7.41. The Kier molecular flexibility index (Phi) is 7.47. The van der Waals surface area contributed by atoms with E-state index in [0.717, 1.165) is 25.0 Å². The van der Waals surface area contributed by atoms with Gasteiger partial charge in [-0.1, -0.05) is 0 Å². The number of rotatable bonds is 9. The van der Waals surface area contributed by atoms with E-state index in [4.69, 9.17) is 10.2 Å². The Hall–Kier alpha value is -4.56. The Morgan fingerprint density at radius 3 is 2.67 bits per heavy atom. The number of aromatic nitrogens is 6. The third-order valence-corrected chi connectivity index (χ3v) is 7.41. The summed E-state index contributed by atoms with van der Waals surface area (Å²) in [6.07, 6.45) is 3.29. The smallest absolute Gasteiger partial charge is 0.251 e. The molecule has 3 N–H and O–H groups in total. The van der Waals surface area contributed by atoms with Crippen LogP contribution in [-0.2, 0) is 6.54 Å². The molecule has 0 bridgehead atoms. The van der Waals surface area contributed by atoms with E-state index in [1.165, 1.54) is 10.6 Å². The number of carbonyl (C=O) groups excluding carboxylic acids is 1. The summed E-state index contributed by atoms with van der Waals surface area (Å²) in [6.45, 7) is 6.85. The number of fused-ring (bicyclic) bond motifs is 3. The van der Waals surface area contributed by atoms with Gasteiger partial charge >= 0.3 is 0 Å². The van der Waals surface area contributed by atoms with Gasteiger partial charge in [-0.15, -0.1) is 5.10 Å². The van der Waals surface area contributed by atoms with Gasteiger partial charge in [0, 0.05) is 50.9 Å². The van der Waals surface area contributed by atoms with Gasteiger partial charge in [-0.3, -0.25) is 9.69 Å². The summed E-state index contributed by atoms with van der Waals surface area (Å²) in [5.74, 6) is 0.523. The molecule has 0 saturated carbocycles. The van der Waals surface area contributed by atoms with Crippen LogP contribution in [0.1, 0.15) is 17.3 Å². The van der Waals surface area contributed by atoms with Crippen LogP contribution in [0.3, 0.4) is 0 Å². The molecule has 0 unspecified atom stereocenters. The molecule has 1 aliphatic rings. The normalized spacial score (nSPS) is 15.2. The lowest BCUT2D eigenvalue weighted by Gasteiger charge is -2.36. The van der Waals surface area contributed by atoms with Crippen molar-refractivity contribution in [2.24, 2.45) is 0 Å². The summed E-state index contributed by atoms with van der Waals surface area (Å²) in [4.78, 5) is 28.0. The number of benzene rings is 1. The minimum absolute atomic E-state index is 0.0416. The van der Waals surface area contributed by atoms with Crippen LogP contribution in [0, 0.1) is 5.82 Å². The number of furan rings is 1. The van der Waals surface area contributed by atoms with Crippen molar-refractivity contribution >= 4 is 34.2 Å². The number of nitrogens with one attached hydrogen (secondary N) is 1. The van der Waals surface area contributed by atoms with Gasteiger partial charge in [0.15, 0.2) is 17.1 Å². The zero-order valence-electron chi connectivity index (χ0n) is 23.9. The lowest BCUT2D eigenvalue weighted by molar-refractivity contribution is 0.0934. The molecule has 5 aromatic rings. The van der Waals surface area contributed by atoms with E-state index in [0.29, 0.717) is 60.3 Å². The number of carbonyl (C=O) groups is 1. The molecule has 42 heavy (non-hydrogen) atoms. The number of amides is 1. The van der Waals surface area contributed by atoms with Gasteiger partial charge in [0.05, 0.1) is 30.1 Å². The molecule has 4 aromatic heterocycles. The first kappa shape index (κ1) is 27.6. The molecule has 13 nitrogen and oxygen atoms in total. The van der Waals surface area contributed by atoms with Gasteiger partial charge < -0.3 is 25.3 Å². The predicted octanol–water partition coefficient (Wildman–Crippen LogP) is 1.96. The monoisotopic (exact) mass is 575 g/mol. The number of hydrogen-bond acceptors (Lipinski definition) is 10. The van der Waals surface area contributed by atoms with Crippen molar-refractivity contribution in [3.63, 3.8) is 0 Å². The summed E-state index contributed by atoms with van der Waals surface area (Å²) in [6, 6.07) is 8.23. The van der Waals surface area contributed by atoms with Crippen molar-refractivity contribution in [2.75, 3.05) is 64.0 Å². The molecule has 0 radical (unpaired) electrons. The summed E-state index contributed by atoms with van der Waals surface area (Å²) in [5.41, 5.74) is 8.25. The fourth-order valence-electron chi connectivity index (χ4n) is 5.38. The Balaban J connectivity index is 1.07. The molecule has 14 heteroatoms. The molecule has 0 aliphatic carbocycles. The number of anilines is 2. The van der Waals surface area contributed by atoms with Gasteiger partial charge in [0.25, 0.3) is 5.91 Å². The molecular weight excluding hydrogens is 541 g/mol.